The Morgan fingerprint density at radius 3 is 2.67 bits per heavy atom. The van der Waals surface area contributed by atoms with E-state index in [0.29, 0.717) is 5.13 Å². The van der Waals surface area contributed by atoms with E-state index in [1.54, 1.807) is 0 Å². The molecule has 0 saturated heterocycles. The summed E-state index contributed by atoms with van der Waals surface area (Å²) in [5.41, 5.74) is 0.904. The fourth-order valence-electron chi connectivity index (χ4n) is 1.10. The van der Waals surface area contributed by atoms with Crippen LogP contribution in [0.4, 0.5) is 5.13 Å². The number of nitrogens with zero attached hydrogens (tertiary/aromatic N) is 1. The van der Waals surface area contributed by atoms with E-state index >= 15 is 0 Å². The minimum atomic E-state index is -3.45. The number of rotatable bonds is 5. The number of sulfonamides is 1. The second kappa shape index (κ2) is 4.91. The van der Waals surface area contributed by atoms with Crippen molar-refractivity contribution >= 4 is 26.5 Å². The molecule has 86 valence electrons. The van der Waals surface area contributed by atoms with Gasteiger partial charge in [0.1, 0.15) is 0 Å². The molecule has 5 nitrogen and oxygen atoms in total. The highest BCUT2D eigenvalue weighted by molar-refractivity contribution is 7.92. The van der Waals surface area contributed by atoms with Crippen LogP contribution in [0.1, 0.15) is 17.5 Å². The first-order valence-corrected chi connectivity index (χ1v) is 7.03. The summed E-state index contributed by atoms with van der Waals surface area (Å²) in [7, 11) is -3.45. The third-order valence-electron chi connectivity index (χ3n) is 1.83. The average molecular weight is 250 g/mol. The fraction of sp³-hybridized carbons (Fsp3) is 0.625. The summed E-state index contributed by atoms with van der Waals surface area (Å²) < 4.78 is 24.9. The molecular weight excluding hydrogens is 236 g/mol. The van der Waals surface area contributed by atoms with Gasteiger partial charge in [-0.2, -0.15) is 0 Å². The van der Waals surface area contributed by atoms with Crippen molar-refractivity contribution in [3.05, 3.63) is 10.6 Å². The molecule has 0 atom stereocenters. The summed E-state index contributed by atoms with van der Waals surface area (Å²) in [6.45, 7) is 3.48. The van der Waals surface area contributed by atoms with Gasteiger partial charge in [-0.05, 0) is 13.3 Å². The molecule has 0 radical (unpaired) electrons. The van der Waals surface area contributed by atoms with Crippen molar-refractivity contribution in [3.63, 3.8) is 0 Å². The summed E-state index contributed by atoms with van der Waals surface area (Å²) in [5, 5.41) is 8.92. The van der Waals surface area contributed by atoms with Gasteiger partial charge in [0.05, 0.1) is 18.1 Å². The Hall–Kier alpha value is -0.660. The van der Waals surface area contributed by atoms with Crippen LogP contribution >= 0.6 is 11.3 Å². The van der Waals surface area contributed by atoms with Gasteiger partial charge in [-0.1, -0.05) is 6.92 Å². The van der Waals surface area contributed by atoms with E-state index in [1.807, 2.05) is 13.8 Å². The van der Waals surface area contributed by atoms with Crippen LogP contribution in [-0.4, -0.2) is 30.9 Å². The van der Waals surface area contributed by atoms with Crippen LogP contribution in [0.25, 0.3) is 0 Å². The maximum absolute atomic E-state index is 11.3. The van der Waals surface area contributed by atoms with E-state index < -0.39 is 10.0 Å². The first kappa shape index (κ1) is 12.4. The predicted molar refractivity (Wildman–Crippen MR) is 60.7 cm³/mol. The molecule has 2 N–H and O–H groups in total. The predicted octanol–water partition coefficient (Wildman–Crippen LogP) is 0.748. The van der Waals surface area contributed by atoms with Crippen molar-refractivity contribution in [2.75, 3.05) is 17.1 Å². The molecule has 0 aliphatic carbocycles. The molecule has 0 bridgehead atoms. The zero-order valence-electron chi connectivity index (χ0n) is 8.65. The monoisotopic (exact) mass is 250 g/mol. The van der Waals surface area contributed by atoms with Crippen LogP contribution < -0.4 is 4.72 Å². The van der Waals surface area contributed by atoms with E-state index in [-0.39, 0.29) is 12.4 Å². The van der Waals surface area contributed by atoms with Gasteiger partial charge in [0.2, 0.25) is 10.0 Å². The molecule has 0 fully saturated rings. The molecule has 0 aliphatic heterocycles. The Labute approximate surface area is 93.2 Å². The quantitative estimate of drug-likeness (QED) is 0.808. The molecule has 0 saturated carbocycles. The molecule has 1 aromatic rings. The van der Waals surface area contributed by atoms with Crippen molar-refractivity contribution in [2.24, 2.45) is 0 Å². The van der Waals surface area contributed by atoms with Crippen LogP contribution in [0.15, 0.2) is 0 Å². The smallest absolute Gasteiger partial charge is 0.236 e. The van der Waals surface area contributed by atoms with Crippen molar-refractivity contribution in [1.82, 2.24) is 4.98 Å². The third-order valence-corrected chi connectivity index (χ3v) is 4.11. The second-order valence-electron chi connectivity index (χ2n) is 3.02. The number of aliphatic hydroxyl groups excluding tert-OH is 1. The Morgan fingerprint density at radius 2 is 2.20 bits per heavy atom. The molecule has 7 heteroatoms. The number of aromatic nitrogens is 1. The third kappa shape index (κ3) is 3.44. The maximum Gasteiger partial charge on any atom is 0.236 e. The number of hydrogen-bond donors (Lipinski definition) is 2. The van der Waals surface area contributed by atoms with E-state index in [0.717, 1.165) is 17.0 Å². The molecule has 1 rings (SSSR count). The number of anilines is 1. The van der Waals surface area contributed by atoms with Crippen molar-refractivity contribution in [1.29, 1.82) is 0 Å². The molecule has 0 amide bonds. The molecule has 0 aliphatic rings. The molecule has 0 spiro atoms. The largest absolute Gasteiger partial charge is 0.395 e. The van der Waals surface area contributed by atoms with Gasteiger partial charge in [-0.25, -0.2) is 13.4 Å². The minimum Gasteiger partial charge on any atom is -0.395 e. The molecule has 15 heavy (non-hydrogen) atoms. The van der Waals surface area contributed by atoms with Gasteiger partial charge < -0.3 is 5.11 Å². The summed E-state index contributed by atoms with van der Waals surface area (Å²) >= 11 is 1.31. The Balaban J connectivity index is 2.81. The zero-order chi connectivity index (χ0) is 11.5. The second-order valence-corrected chi connectivity index (χ2v) is 6.07. The SMILES string of the molecule is CCc1nc(NS(=O)(=O)CCO)sc1C. The number of aryl methyl sites for hydroxylation is 2. The topological polar surface area (TPSA) is 79.3 Å². The van der Waals surface area contributed by atoms with Gasteiger partial charge >= 0.3 is 0 Å². The highest BCUT2D eigenvalue weighted by atomic mass is 32.2. The maximum atomic E-state index is 11.3. The zero-order valence-corrected chi connectivity index (χ0v) is 10.3. The summed E-state index contributed by atoms with van der Waals surface area (Å²) in [6.07, 6.45) is 0.782. The van der Waals surface area contributed by atoms with Gasteiger partial charge in [0, 0.05) is 4.88 Å². The molecule has 0 unspecified atom stereocenters. The van der Waals surface area contributed by atoms with Gasteiger partial charge in [-0.3, -0.25) is 4.72 Å². The number of thiazole rings is 1. The lowest BCUT2D eigenvalue weighted by Gasteiger charge is -2.01. The first-order valence-electron chi connectivity index (χ1n) is 4.56. The van der Waals surface area contributed by atoms with E-state index in [9.17, 15) is 8.42 Å². The van der Waals surface area contributed by atoms with Crippen LogP contribution in [0.5, 0.6) is 0 Å². The highest BCUT2D eigenvalue weighted by Crippen LogP contribution is 2.23. The van der Waals surface area contributed by atoms with Gasteiger partial charge in [-0.15, -0.1) is 11.3 Å². The molecular formula is C8H14N2O3S2. The summed E-state index contributed by atoms with van der Waals surface area (Å²) in [5.74, 6) is -0.299. The Kier molecular flexibility index (Phi) is 4.06. The molecule has 1 heterocycles. The number of nitrogens with one attached hydrogen (secondary N) is 1. The first-order chi connectivity index (χ1) is 6.98. The molecule has 0 aromatic carbocycles. The summed E-state index contributed by atoms with van der Waals surface area (Å²) in [6, 6.07) is 0. The minimum absolute atomic E-state index is 0.299. The van der Waals surface area contributed by atoms with Crippen molar-refractivity contribution in [3.8, 4) is 0 Å². The van der Waals surface area contributed by atoms with Crippen molar-refractivity contribution < 1.29 is 13.5 Å². The standard InChI is InChI=1S/C8H14N2O3S2/c1-3-7-6(2)14-8(9-7)10-15(12,13)5-4-11/h11H,3-5H2,1-2H3,(H,9,10). The van der Waals surface area contributed by atoms with E-state index in [2.05, 4.69) is 9.71 Å². The normalized spacial score (nSPS) is 11.7. The van der Waals surface area contributed by atoms with Crippen LogP contribution in [0, 0.1) is 6.92 Å². The molecule has 1 aromatic heterocycles. The van der Waals surface area contributed by atoms with Gasteiger partial charge in [0.25, 0.3) is 0 Å². The fourth-order valence-corrected chi connectivity index (χ4v) is 3.06. The van der Waals surface area contributed by atoms with Crippen LogP contribution in [0.3, 0.4) is 0 Å². The van der Waals surface area contributed by atoms with Crippen molar-refractivity contribution in [2.45, 2.75) is 20.3 Å². The lowest BCUT2D eigenvalue weighted by Crippen LogP contribution is -2.18. The van der Waals surface area contributed by atoms with Crippen LogP contribution in [-0.2, 0) is 16.4 Å². The van der Waals surface area contributed by atoms with Gasteiger partial charge in [0.15, 0.2) is 5.13 Å². The number of hydrogen-bond acceptors (Lipinski definition) is 5. The lowest BCUT2D eigenvalue weighted by atomic mass is 10.3. The van der Waals surface area contributed by atoms with E-state index in [1.165, 1.54) is 11.3 Å². The van der Waals surface area contributed by atoms with Crippen LogP contribution in [0.2, 0.25) is 0 Å². The lowest BCUT2D eigenvalue weighted by molar-refractivity contribution is 0.320. The number of aliphatic hydroxyl groups is 1. The van der Waals surface area contributed by atoms with E-state index in [4.69, 9.17) is 5.11 Å². The Morgan fingerprint density at radius 1 is 1.53 bits per heavy atom. The average Bonchev–Trinajstić information content (AvgIpc) is 2.44. The highest BCUT2D eigenvalue weighted by Gasteiger charge is 2.13. The Bertz CT molecular complexity index is 425. The summed E-state index contributed by atoms with van der Waals surface area (Å²) in [4.78, 5) is 5.16.